The van der Waals surface area contributed by atoms with E-state index in [-0.39, 0.29) is 57.2 Å². The number of nitrogens with two attached hydrogens (primary N) is 3. The monoisotopic (exact) mass is 882 g/mol. The lowest BCUT2D eigenvalue weighted by Gasteiger charge is -2.30. The SMILES string of the molecule is CSCC[C@H](NC(=O)[C@H](CCC(N)=O)NC(=O)[C@@H]1CCCN1C(=O)[C@H](CCCCN)NC(=O)[C@@H](N)Cc1ccc(OP(=O)(O)O)cc1)C(=O)N[C@@H](Cc1cnc[nH]1)C(=O)O. The average Bonchev–Trinajstić information content (AvgIpc) is 3.90. The van der Waals surface area contributed by atoms with Gasteiger partial charge in [0.1, 0.15) is 36.0 Å². The van der Waals surface area contributed by atoms with Gasteiger partial charge in [-0.25, -0.2) is 14.3 Å². The van der Waals surface area contributed by atoms with Crippen LogP contribution < -0.4 is 43.0 Å². The molecule has 6 atom stereocenters. The zero-order valence-corrected chi connectivity index (χ0v) is 34.8. The highest BCUT2D eigenvalue weighted by Gasteiger charge is 2.39. The van der Waals surface area contributed by atoms with Gasteiger partial charge in [-0.05, 0) is 87.6 Å². The number of amides is 6. The van der Waals surface area contributed by atoms with Crippen molar-refractivity contribution < 1.29 is 57.5 Å². The molecule has 2 aromatic rings. The molecule has 1 aliphatic heterocycles. The number of aromatic amines is 1. The number of aromatic nitrogens is 2. The number of carbonyl (C=O) groups is 7. The first kappa shape index (κ1) is 49.3. The molecule has 0 bridgehead atoms. The van der Waals surface area contributed by atoms with Crippen LogP contribution in [0.15, 0.2) is 36.8 Å². The van der Waals surface area contributed by atoms with Gasteiger partial charge in [-0.2, -0.15) is 11.8 Å². The van der Waals surface area contributed by atoms with Crippen LogP contribution in [0.3, 0.4) is 0 Å². The van der Waals surface area contributed by atoms with Crippen LogP contribution in [-0.2, 0) is 51.0 Å². The topological polar surface area (TPSA) is 365 Å². The number of carboxylic acid groups (broad SMARTS) is 1. The summed E-state index contributed by atoms with van der Waals surface area (Å²) in [7, 11) is -4.77. The molecule has 2 heterocycles. The summed E-state index contributed by atoms with van der Waals surface area (Å²) >= 11 is 1.38. The van der Waals surface area contributed by atoms with Crippen molar-refractivity contribution in [1.29, 1.82) is 0 Å². The highest BCUT2D eigenvalue weighted by molar-refractivity contribution is 7.98. The number of hydrogen-bond donors (Lipinski definition) is 11. The predicted octanol–water partition coefficient (Wildman–Crippen LogP) is -1.84. The molecule has 14 N–H and O–H groups in total. The number of phosphoric acid groups is 1. The number of nitrogens with zero attached hydrogens (tertiary/aromatic N) is 2. The molecule has 1 aliphatic rings. The Bertz CT molecular complexity index is 1820. The maximum Gasteiger partial charge on any atom is 0.524 e. The van der Waals surface area contributed by atoms with E-state index in [2.05, 4.69) is 35.8 Å². The molecule has 3 rings (SSSR count). The van der Waals surface area contributed by atoms with Crippen molar-refractivity contribution in [2.24, 2.45) is 17.2 Å². The lowest BCUT2D eigenvalue weighted by molar-refractivity contribution is -0.143. The first-order valence-electron chi connectivity index (χ1n) is 19.2. The van der Waals surface area contributed by atoms with E-state index >= 15 is 0 Å². The molecule has 332 valence electrons. The minimum Gasteiger partial charge on any atom is -0.480 e. The number of H-pyrrole nitrogens is 1. The van der Waals surface area contributed by atoms with Gasteiger partial charge in [-0.15, -0.1) is 0 Å². The van der Waals surface area contributed by atoms with Crippen LogP contribution >= 0.6 is 19.6 Å². The summed E-state index contributed by atoms with van der Waals surface area (Å²) in [6.45, 7) is 0.471. The standard InChI is InChI=1S/C36H55N10O12PS/c1-60-16-13-26(33(50)45-28(36(53)54)18-22-19-40-20-41-22)42-32(49)25(11-12-30(39)47)43-34(51)29-6-4-15-46(29)35(52)27(5-2-3-14-37)44-31(48)24(38)17-21-7-9-23(10-8-21)58-59(55,56)57/h7-10,19-20,24-29H,2-6,11-18,37-38H2,1H3,(H2,39,47)(H,40,41)(H,42,49)(H,43,51)(H,44,48)(H,45,50)(H,53,54)(H2,55,56,57)/t24-,25-,26-,27-,28-,29-/m0/s1. The summed E-state index contributed by atoms with van der Waals surface area (Å²) < 4.78 is 15.7. The molecular formula is C36H55N10O12PS. The molecule has 6 amide bonds. The Morgan fingerprint density at radius 2 is 1.58 bits per heavy atom. The van der Waals surface area contributed by atoms with E-state index in [1.54, 1.807) is 6.26 Å². The number of carboxylic acids is 1. The van der Waals surface area contributed by atoms with Gasteiger partial charge in [0.25, 0.3) is 0 Å². The van der Waals surface area contributed by atoms with E-state index in [4.69, 9.17) is 27.0 Å². The van der Waals surface area contributed by atoms with Crippen LogP contribution in [0.4, 0.5) is 0 Å². The molecule has 24 heteroatoms. The van der Waals surface area contributed by atoms with E-state index in [1.165, 1.54) is 53.5 Å². The highest BCUT2D eigenvalue weighted by Crippen LogP contribution is 2.37. The summed E-state index contributed by atoms with van der Waals surface area (Å²) in [5.41, 5.74) is 18.2. The molecule has 0 unspecified atom stereocenters. The van der Waals surface area contributed by atoms with Crippen LogP contribution in [0.5, 0.6) is 5.75 Å². The summed E-state index contributed by atoms with van der Waals surface area (Å²) in [6.07, 6.45) is 5.73. The van der Waals surface area contributed by atoms with Crippen molar-refractivity contribution in [2.45, 2.75) is 100 Å². The molecule has 0 spiro atoms. The van der Waals surface area contributed by atoms with Gasteiger partial charge < -0.3 is 58.0 Å². The molecule has 1 saturated heterocycles. The van der Waals surface area contributed by atoms with Gasteiger partial charge >= 0.3 is 13.8 Å². The second-order valence-corrected chi connectivity index (χ2v) is 16.3. The summed E-state index contributed by atoms with van der Waals surface area (Å²) in [4.78, 5) is 118. The fraction of sp³-hybridized carbons (Fsp3) is 0.556. The number of unbranched alkanes of at least 4 members (excludes halogenated alkanes) is 1. The van der Waals surface area contributed by atoms with Crippen LogP contribution in [0.1, 0.15) is 62.6 Å². The Labute approximate surface area is 350 Å². The van der Waals surface area contributed by atoms with E-state index in [1.807, 2.05) is 0 Å². The lowest BCUT2D eigenvalue weighted by atomic mass is 10.0. The van der Waals surface area contributed by atoms with Crippen molar-refractivity contribution in [3.05, 3.63) is 48.0 Å². The number of rotatable bonds is 26. The zero-order valence-electron chi connectivity index (χ0n) is 33.1. The fourth-order valence-electron chi connectivity index (χ4n) is 6.39. The summed E-state index contributed by atoms with van der Waals surface area (Å²) in [5, 5.41) is 20.1. The molecule has 0 aliphatic carbocycles. The maximum atomic E-state index is 14.1. The third-order valence-electron chi connectivity index (χ3n) is 9.49. The van der Waals surface area contributed by atoms with Crippen molar-refractivity contribution in [2.75, 3.05) is 25.1 Å². The van der Waals surface area contributed by atoms with Gasteiger partial charge in [-0.3, -0.25) is 38.6 Å². The third-order valence-corrected chi connectivity index (χ3v) is 10.6. The van der Waals surface area contributed by atoms with Crippen LogP contribution in [0.2, 0.25) is 0 Å². The predicted molar refractivity (Wildman–Crippen MR) is 218 cm³/mol. The Balaban J connectivity index is 1.74. The van der Waals surface area contributed by atoms with Gasteiger partial charge in [0.2, 0.25) is 35.4 Å². The smallest absolute Gasteiger partial charge is 0.480 e. The normalized spacial score (nSPS) is 16.4. The van der Waals surface area contributed by atoms with Crippen molar-refractivity contribution in [1.82, 2.24) is 36.1 Å². The largest absolute Gasteiger partial charge is 0.524 e. The van der Waals surface area contributed by atoms with E-state index in [0.717, 1.165) is 0 Å². The average molecular weight is 883 g/mol. The molecular weight excluding hydrogens is 827 g/mol. The van der Waals surface area contributed by atoms with E-state index in [9.17, 15) is 43.2 Å². The highest BCUT2D eigenvalue weighted by atomic mass is 32.2. The second kappa shape index (κ2) is 24.3. The summed E-state index contributed by atoms with van der Waals surface area (Å²) in [6, 6.07) is -1.72. The van der Waals surface area contributed by atoms with Crippen molar-refractivity contribution >= 4 is 61.0 Å². The zero-order chi connectivity index (χ0) is 44.4. The number of primary amides is 1. The second-order valence-electron chi connectivity index (χ2n) is 14.2. The third kappa shape index (κ3) is 16.5. The molecule has 0 saturated carbocycles. The van der Waals surface area contributed by atoms with Gasteiger partial charge in [0, 0.05) is 31.3 Å². The molecule has 1 aromatic carbocycles. The minimum atomic E-state index is -4.77. The number of phosphoric ester groups is 1. The number of carbonyl (C=O) groups excluding carboxylic acids is 6. The molecule has 22 nitrogen and oxygen atoms in total. The van der Waals surface area contributed by atoms with Crippen LogP contribution in [0, 0.1) is 0 Å². The van der Waals surface area contributed by atoms with Gasteiger partial charge in [0.05, 0.1) is 12.4 Å². The Kier molecular flexibility index (Phi) is 19.9. The van der Waals surface area contributed by atoms with Crippen LogP contribution in [0.25, 0.3) is 0 Å². The van der Waals surface area contributed by atoms with Gasteiger partial charge in [-0.1, -0.05) is 12.1 Å². The first-order valence-corrected chi connectivity index (χ1v) is 22.1. The van der Waals surface area contributed by atoms with Crippen LogP contribution in [-0.4, -0.2) is 133 Å². The van der Waals surface area contributed by atoms with Crippen molar-refractivity contribution in [3.8, 4) is 5.75 Å². The van der Waals surface area contributed by atoms with Crippen molar-refractivity contribution in [3.63, 3.8) is 0 Å². The fourth-order valence-corrected chi connectivity index (χ4v) is 7.26. The summed E-state index contributed by atoms with van der Waals surface area (Å²) in [5.74, 6) is -5.37. The van der Waals surface area contributed by atoms with E-state index < -0.39 is 85.5 Å². The number of hydrogen-bond acceptors (Lipinski definition) is 13. The lowest BCUT2D eigenvalue weighted by Crippen LogP contribution is -2.59. The number of thioether (sulfide) groups is 1. The number of benzene rings is 1. The number of imidazole rings is 1. The first-order chi connectivity index (χ1) is 28.4. The Morgan fingerprint density at radius 3 is 2.17 bits per heavy atom. The quantitative estimate of drug-likeness (QED) is 0.0365. The minimum absolute atomic E-state index is 0.000354. The van der Waals surface area contributed by atoms with E-state index in [0.29, 0.717) is 42.8 Å². The molecule has 1 fully saturated rings. The Hall–Kier alpha value is -5.06. The van der Waals surface area contributed by atoms with Gasteiger partial charge in [0.15, 0.2) is 0 Å². The molecule has 0 radical (unpaired) electrons. The number of aliphatic carboxylic acids is 1. The number of nitrogens with one attached hydrogen (secondary N) is 5. The molecule has 1 aromatic heterocycles. The Morgan fingerprint density at radius 1 is 0.933 bits per heavy atom. The number of likely N-dealkylation sites (tertiary alicyclic amines) is 1. The molecule has 60 heavy (non-hydrogen) atoms. The maximum absolute atomic E-state index is 14.1.